The number of rotatable bonds is 5. The van der Waals surface area contributed by atoms with Gasteiger partial charge in [0.25, 0.3) is 0 Å². The fourth-order valence-corrected chi connectivity index (χ4v) is 2.32. The van der Waals surface area contributed by atoms with E-state index in [0.29, 0.717) is 6.42 Å². The third-order valence-electron chi connectivity index (χ3n) is 3.68. The van der Waals surface area contributed by atoms with Gasteiger partial charge in [-0.15, -0.1) is 13.2 Å². The summed E-state index contributed by atoms with van der Waals surface area (Å²) < 4.78 is 0. The molecule has 0 aromatic carbocycles. The van der Waals surface area contributed by atoms with Crippen molar-refractivity contribution < 1.29 is 4.79 Å². The summed E-state index contributed by atoms with van der Waals surface area (Å²) in [6, 6.07) is 2.20. The molecule has 0 unspecified atom stereocenters. The van der Waals surface area contributed by atoms with Crippen molar-refractivity contribution in [2.75, 3.05) is 5.32 Å². The summed E-state index contributed by atoms with van der Waals surface area (Å²) in [5.41, 5.74) is 3.93. The summed E-state index contributed by atoms with van der Waals surface area (Å²) in [4.78, 5) is 15.6. The second kappa shape index (κ2) is 9.11. The van der Waals surface area contributed by atoms with Gasteiger partial charge < -0.3 is 5.32 Å². The summed E-state index contributed by atoms with van der Waals surface area (Å²) in [5, 5.41) is 2.82. The Kier molecular flexibility index (Phi) is 7.44. The molecular weight excluding hydrogens is 260 g/mol. The minimum atomic E-state index is 0.0783. The third kappa shape index (κ3) is 5.54. The number of aryl methyl sites for hydroxylation is 2. The molecule has 1 aromatic rings. The van der Waals surface area contributed by atoms with Crippen LogP contribution in [0.2, 0.25) is 0 Å². The highest BCUT2D eigenvalue weighted by atomic mass is 16.1. The molecule has 2 rings (SSSR count). The molecule has 0 atom stereocenters. The van der Waals surface area contributed by atoms with E-state index < -0.39 is 0 Å². The van der Waals surface area contributed by atoms with Crippen LogP contribution >= 0.6 is 0 Å². The number of amides is 1. The van der Waals surface area contributed by atoms with E-state index in [-0.39, 0.29) is 5.91 Å². The molecule has 1 N–H and O–H groups in total. The van der Waals surface area contributed by atoms with E-state index in [4.69, 9.17) is 0 Å². The van der Waals surface area contributed by atoms with Gasteiger partial charge in [-0.3, -0.25) is 4.79 Å². The van der Waals surface area contributed by atoms with Crippen LogP contribution in [0.15, 0.2) is 37.1 Å². The molecule has 114 valence electrons. The van der Waals surface area contributed by atoms with Crippen LogP contribution in [0, 0.1) is 0 Å². The van der Waals surface area contributed by atoms with Crippen LogP contribution in [-0.4, -0.2) is 10.9 Å². The fraction of sp³-hybridized carbons (Fsp3) is 0.444. The number of unbranched alkanes of at least 4 members (excludes halogenated alkanes) is 1. The van der Waals surface area contributed by atoms with Crippen LogP contribution in [0.5, 0.6) is 0 Å². The zero-order valence-corrected chi connectivity index (χ0v) is 13.2. The zero-order chi connectivity index (χ0) is 15.7. The molecule has 1 amide bonds. The Morgan fingerprint density at radius 1 is 1.38 bits per heavy atom. The van der Waals surface area contributed by atoms with Gasteiger partial charge in [-0.25, -0.2) is 4.98 Å². The highest BCUT2D eigenvalue weighted by molar-refractivity contribution is 5.92. The number of nitrogens with zero attached hydrogens (tertiary/aromatic N) is 1. The summed E-state index contributed by atoms with van der Waals surface area (Å²) in [6.07, 6.45) is 10.2. The number of aromatic nitrogens is 1. The SMILES string of the molecule is C/C=C(\C)CCCCc1cnc2c(c1)CCC(=O)N2.C=C. The summed E-state index contributed by atoms with van der Waals surface area (Å²) >= 11 is 0. The summed E-state index contributed by atoms with van der Waals surface area (Å²) in [5.74, 6) is 0.833. The lowest BCUT2D eigenvalue weighted by Crippen LogP contribution is -2.20. The molecule has 0 spiro atoms. The van der Waals surface area contributed by atoms with Gasteiger partial charge in [0.1, 0.15) is 5.82 Å². The van der Waals surface area contributed by atoms with E-state index in [1.807, 2.05) is 6.20 Å². The van der Waals surface area contributed by atoms with Crippen LogP contribution in [0.1, 0.15) is 50.7 Å². The molecule has 0 saturated heterocycles. The maximum atomic E-state index is 11.3. The Balaban J connectivity index is 0.00000106. The van der Waals surface area contributed by atoms with E-state index in [0.717, 1.165) is 18.7 Å². The van der Waals surface area contributed by atoms with Crippen LogP contribution in [-0.2, 0) is 17.6 Å². The van der Waals surface area contributed by atoms with Gasteiger partial charge in [-0.05, 0) is 57.1 Å². The molecule has 0 radical (unpaired) electrons. The van der Waals surface area contributed by atoms with Crippen molar-refractivity contribution in [2.24, 2.45) is 0 Å². The number of anilines is 1. The topological polar surface area (TPSA) is 42.0 Å². The highest BCUT2D eigenvalue weighted by Crippen LogP contribution is 2.21. The largest absolute Gasteiger partial charge is 0.310 e. The van der Waals surface area contributed by atoms with Crippen LogP contribution < -0.4 is 5.32 Å². The lowest BCUT2D eigenvalue weighted by atomic mass is 10.0. The Morgan fingerprint density at radius 3 is 2.86 bits per heavy atom. The van der Waals surface area contributed by atoms with Gasteiger partial charge in [-0.2, -0.15) is 0 Å². The van der Waals surface area contributed by atoms with Gasteiger partial charge in [0.15, 0.2) is 0 Å². The maximum Gasteiger partial charge on any atom is 0.225 e. The molecule has 21 heavy (non-hydrogen) atoms. The Hall–Kier alpha value is -1.90. The Labute approximate surface area is 128 Å². The van der Waals surface area contributed by atoms with E-state index in [1.54, 1.807) is 0 Å². The van der Waals surface area contributed by atoms with E-state index >= 15 is 0 Å². The second-order valence-electron chi connectivity index (χ2n) is 5.24. The predicted molar refractivity (Wildman–Crippen MR) is 89.4 cm³/mol. The van der Waals surface area contributed by atoms with E-state index in [2.05, 4.69) is 49.4 Å². The maximum absolute atomic E-state index is 11.3. The Morgan fingerprint density at radius 2 is 2.14 bits per heavy atom. The van der Waals surface area contributed by atoms with E-state index in [9.17, 15) is 4.79 Å². The number of hydrogen-bond donors (Lipinski definition) is 1. The molecule has 1 aliphatic rings. The number of nitrogens with one attached hydrogen (secondary N) is 1. The molecule has 0 aliphatic carbocycles. The van der Waals surface area contributed by atoms with Crippen LogP contribution in [0.25, 0.3) is 0 Å². The van der Waals surface area contributed by atoms with Crippen molar-refractivity contribution in [3.8, 4) is 0 Å². The smallest absolute Gasteiger partial charge is 0.225 e. The molecule has 2 heterocycles. The highest BCUT2D eigenvalue weighted by Gasteiger charge is 2.15. The lowest BCUT2D eigenvalue weighted by molar-refractivity contribution is -0.116. The third-order valence-corrected chi connectivity index (χ3v) is 3.68. The van der Waals surface area contributed by atoms with Crippen molar-refractivity contribution in [1.82, 2.24) is 4.98 Å². The van der Waals surface area contributed by atoms with Crippen molar-refractivity contribution in [3.63, 3.8) is 0 Å². The minimum absolute atomic E-state index is 0.0783. The van der Waals surface area contributed by atoms with Gasteiger partial charge in [0.05, 0.1) is 0 Å². The van der Waals surface area contributed by atoms with Crippen molar-refractivity contribution in [2.45, 2.75) is 52.4 Å². The molecule has 0 fully saturated rings. The number of fused-ring (bicyclic) bond motifs is 1. The van der Waals surface area contributed by atoms with Crippen LogP contribution in [0.3, 0.4) is 0 Å². The first-order valence-electron chi connectivity index (χ1n) is 7.58. The quantitative estimate of drug-likeness (QED) is 0.642. The monoisotopic (exact) mass is 286 g/mol. The number of carbonyl (C=O) groups is 1. The van der Waals surface area contributed by atoms with E-state index in [1.165, 1.54) is 36.0 Å². The first kappa shape index (κ1) is 17.2. The van der Waals surface area contributed by atoms with Gasteiger partial charge >= 0.3 is 0 Å². The standard InChI is InChI=1S/C16H22N2O.C2H4/c1-3-12(2)6-4-5-7-13-10-14-8-9-15(19)18-16(14)17-11-13;1-2/h3,10-11H,4-9H2,1-2H3,(H,17,18,19);1-2H2/b12-3+;. The van der Waals surface area contributed by atoms with Gasteiger partial charge in [0.2, 0.25) is 5.91 Å². The van der Waals surface area contributed by atoms with Crippen LogP contribution in [0.4, 0.5) is 5.82 Å². The second-order valence-corrected chi connectivity index (χ2v) is 5.24. The number of carbonyl (C=O) groups excluding carboxylic acids is 1. The number of pyridine rings is 1. The van der Waals surface area contributed by atoms with Crippen molar-refractivity contribution >= 4 is 11.7 Å². The molecular formula is C18H26N2O. The number of allylic oxidation sites excluding steroid dienone is 2. The van der Waals surface area contributed by atoms with Crippen molar-refractivity contribution in [1.29, 1.82) is 0 Å². The van der Waals surface area contributed by atoms with Crippen molar-refractivity contribution in [3.05, 3.63) is 48.2 Å². The Bertz CT molecular complexity index is 506. The first-order chi connectivity index (χ1) is 10.2. The van der Waals surface area contributed by atoms with Gasteiger partial charge in [0, 0.05) is 12.6 Å². The minimum Gasteiger partial charge on any atom is -0.310 e. The molecule has 3 heteroatoms. The zero-order valence-electron chi connectivity index (χ0n) is 13.2. The molecule has 1 aliphatic heterocycles. The molecule has 1 aromatic heterocycles. The molecule has 0 saturated carbocycles. The first-order valence-corrected chi connectivity index (χ1v) is 7.58. The normalized spacial score (nSPS) is 13.8. The summed E-state index contributed by atoms with van der Waals surface area (Å²) in [6.45, 7) is 10.3. The predicted octanol–water partition coefficient (Wildman–Crippen LogP) is 4.45. The lowest BCUT2D eigenvalue weighted by Gasteiger charge is -2.16. The average Bonchev–Trinajstić information content (AvgIpc) is 2.53. The summed E-state index contributed by atoms with van der Waals surface area (Å²) in [7, 11) is 0. The molecule has 3 nitrogen and oxygen atoms in total. The molecule has 0 bridgehead atoms. The number of hydrogen-bond acceptors (Lipinski definition) is 2. The fourth-order valence-electron chi connectivity index (χ4n) is 2.32. The average molecular weight is 286 g/mol. The van der Waals surface area contributed by atoms with Gasteiger partial charge in [-0.1, -0.05) is 17.7 Å².